The molecular formula is C11H23NS. The first-order valence-corrected chi connectivity index (χ1v) is 6.76. The first-order chi connectivity index (χ1) is 6.33. The van der Waals surface area contributed by atoms with Crippen LogP contribution in [0.4, 0.5) is 0 Å². The summed E-state index contributed by atoms with van der Waals surface area (Å²) in [5.41, 5.74) is 6.44. The van der Waals surface area contributed by atoms with E-state index in [0.29, 0.717) is 5.41 Å². The Balaban J connectivity index is 2.29. The zero-order valence-electron chi connectivity index (χ0n) is 8.85. The summed E-state index contributed by atoms with van der Waals surface area (Å²) in [6, 6.07) is 0. The lowest BCUT2D eigenvalue weighted by Crippen LogP contribution is -2.33. The topological polar surface area (TPSA) is 26.0 Å². The minimum Gasteiger partial charge on any atom is -0.330 e. The third-order valence-corrected chi connectivity index (χ3v) is 4.23. The van der Waals surface area contributed by atoms with E-state index in [9.17, 15) is 0 Å². The third-order valence-electron chi connectivity index (χ3n) is 3.33. The average molecular weight is 201 g/mol. The minimum absolute atomic E-state index is 0.528. The van der Waals surface area contributed by atoms with Crippen LogP contribution >= 0.6 is 11.8 Å². The Hall–Kier alpha value is 0.310. The number of rotatable bonds is 5. The van der Waals surface area contributed by atoms with E-state index in [1.807, 2.05) is 0 Å². The maximum atomic E-state index is 5.91. The van der Waals surface area contributed by atoms with E-state index < -0.39 is 0 Å². The van der Waals surface area contributed by atoms with Crippen LogP contribution in [0.2, 0.25) is 0 Å². The molecule has 0 saturated heterocycles. The fraction of sp³-hybridized carbons (Fsp3) is 1.00. The van der Waals surface area contributed by atoms with Crippen molar-refractivity contribution in [2.24, 2.45) is 11.1 Å². The smallest absolute Gasteiger partial charge is 0.00202 e. The molecule has 0 aromatic carbocycles. The van der Waals surface area contributed by atoms with Gasteiger partial charge in [-0.15, -0.1) is 0 Å². The molecule has 0 spiro atoms. The Morgan fingerprint density at radius 2 is 1.92 bits per heavy atom. The van der Waals surface area contributed by atoms with Gasteiger partial charge in [-0.1, -0.05) is 26.2 Å². The molecule has 0 atom stereocenters. The number of nitrogens with two attached hydrogens (primary N) is 1. The molecule has 1 nitrogen and oxygen atoms in total. The summed E-state index contributed by atoms with van der Waals surface area (Å²) in [5, 5.41) is 0. The van der Waals surface area contributed by atoms with Crippen LogP contribution < -0.4 is 5.73 Å². The van der Waals surface area contributed by atoms with Gasteiger partial charge in [0.25, 0.3) is 0 Å². The van der Waals surface area contributed by atoms with Crippen molar-refractivity contribution in [3.8, 4) is 0 Å². The summed E-state index contributed by atoms with van der Waals surface area (Å²) < 4.78 is 0. The summed E-state index contributed by atoms with van der Waals surface area (Å²) in [7, 11) is 0. The van der Waals surface area contributed by atoms with E-state index in [1.165, 1.54) is 50.0 Å². The normalized spacial score (nSPS) is 21.7. The molecular weight excluding hydrogens is 178 g/mol. The van der Waals surface area contributed by atoms with Gasteiger partial charge in [-0.2, -0.15) is 11.8 Å². The van der Waals surface area contributed by atoms with Crippen molar-refractivity contribution in [3.63, 3.8) is 0 Å². The summed E-state index contributed by atoms with van der Waals surface area (Å²) in [4.78, 5) is 0. The highest BCUT2D eigenvalue weighted by molar-refractivity contribution is 7.99. The third kappa shape index (κ3) is 3.51. The van der Waals surface area contributed by atoms with E-state index >= 15 is 0 Å². The number of hydrogen-bond donors (Lipinski definition) is 1. The highest BCUT2D eigenvalue weighted by Crippen LogP contribution is 2.38. The van der Waals surface area contributed by atoms with Crippen molar-refractivity contribution in [1.82, 2.24) is 0 Å². The van der Waals surface area contributed by atoms with Crippen LogP contribution in [-0.4, -0.2) is 18.1 Å². The molecule has 13 heavy (non-hydrogen) atoms. The molecule has 0 heterocycles. The van der Waals surface area contributed by atoms with Gasteiger partial charge < -0.3 is 5.73 Å². The van der Waals surface area contributed by atoms with E-state index in [1.54, 1.807) is 0 Å². The molecule has 1 aliphatic rings. The number of thioether (sulfide) groups is 1. The molecule has 1 fully saturated rings. The molecule has 0 bridgehead atoms. The zero-order chi connectivity index (χ0) is 9.57. The van der Waals surface area contributed by atoms with Gasteiger partial charge in [-0.05, 0) is 42.7 Å². The average Bonchev–Trinajstić information content (AvgIpc) is 2.20. The fourth-order valence-corrected chi connectivity index (χ4v) is 3.16. The van der Waals surface area contributed by atoms with Crippen LogP contribution in [0.25, 0.3) is 0 Å². The fourth-order valence-electron chi connectivity index (χ4n) is 2.29. The van der Waals surface area contributed by atoms with Crippen LogP contribution in [0.5, 0.6) is 0 Å². The highest BCUT2D eigenvalue weighted by atomic mass is 32.2. The molecule has 78 valence electrons. The summed E-state index contributed by atoms with van der Waals surface area (Å²) in [6.45, 7) is 3.15. The summed E-state index contributed by atoms with van der Waals surface area (Å²) in [6.07, 6.45) is 8.37. The second-order valence-electron chi connectivity index (χ2n) is 4.21. The van der Waals surface area contributed by atoms with Gasteiger partial charge in [0.2, 0.25) is 0 Å². The van der Waals surface area contributed by atoms with E-state index in [4.69, 9.17) is 5.73 Å². The Morgan fingerprint density at radius 3 is 2.46 bits per heavy atom. The Labute approximate surface area is 86.8 Å². The predicted molar refractivity (Wildman–Crippen MR) is 62.2 cm³/mol. The van der Waals surface area contributed by atoms with Gasteiger partial charge in [-0.3, -0.25) is 0 Å². The van der Waals surface area contributed by atoms with E-state index in [2.05, 4.69) is 18.7 Å². The monoisotopic (exact) mass is 201 g/mol. The molecule has 2 N–H and O–H groups in total. The Morgan fingerprint density at radius 1 is 1.23 bits per heavy atom. The van der Waals surface area contributed by atoms with Gasteiger partial charge in [-0.25, -0.2) is 0 Å². The van der Waals surface area contributed by atoms with Crippen molar-refractivity contribution in [3.05, 3.63) is 0 Å². The van der Waals surface area contributed by atoms with Crippen LogP contribution in [0, 0.1) is 5.41 Å². The molecule has 1 rings (SSSR count). The molecule has 0 aromatic rings. The molecule has 1 aliphatic carbocycles. The molecule has 0 aromatic heterocycles. The second kappa shape index (κ2) is 5.92. The molecule has 2 heteroatoms. The summed E-state index contributed by atoms with van der Waals surface area (Å²) in [5.74, 6) is 2.56. The van der Waals surface area contributed by atoms with E-state index in [-0.39, 0.29) is 0 Å². The quantitative estimate of drug-likeness (QED) is 0.692. The molecule has 0 aliphatic heterocycles. The van der Waals surface area contributed by atoms with Gasteiger partial charge >= 0.3 is 0 Å². The zero-order valence-corrected chi connectivity index (χ0v) is 9.67. The Kier molecular flexibility index (Phi) is 5.18. The van der Waals surface area contributed by atoms with Crippen molar-refractivity contribution in [2.45, 2.75) is 45.4 Å². The Bertz CT molecular complexity index is 130. The number of hydrogen-bond acceptors (Lipinski definition) is 2. The molecule has 1 saturated carbocycles. The molecule has 0 amide bonds. The van der Waals surface area contributed by atoms with Gasteiger partial charge in [0.15, 0.2) is 0 Å². The predicted octanol–water partition coefficient (Wildman–Crippen LogP) is 3.04. The first kappa shape index (κ1) is 11.4. The van der Waals surface area contributed by atoms with Gasteiger partial charge in [0, 0.05) is 0 Å². The van der Waals surface area contributed by atoms with Gasteiger partial charge in [0.1, 0.15) is 0 Å². The second-order valence-corrected chi connectivity index (χ2v) is 5.61. The lowest BCUT2D eigenvalue weighted by molar-refractivity contribution is 0.192. The van der Waals surface area contributed by atoms with Crippen LogP contribution in [-0.2, 0) is 0 Å². The van der Waals surface area contributed by atoms with Crippen molar-refractivity contribution in [1.29, 1.82) is 0 Å². The van der Waals surface area contributed by atoms with Crippen molar-refractivity contribution >= 4 is 11.8 Å². The maximum absolute atomic E-state index is 5.91. The lowest BCUT2D eigenvalue weighted by Gasteiger charge is -2.36. The lowest BCUT2D eigenvalue weighted by atomic mass is 9.72. The van der Waals surface area contributed by atoms with Crippen molar-refractivity contribution in [2.75, 3.05) is 18.1 Å². The largest absolute Gasteiger partial charge is 0.330 e. The SMILES string of the molecule is CCSCCC1(CN)CCCCC1. The molecule has 0 radical (unpaired) electrons. The maximum Gasteiger partial charge on any atom is -0.00202 e. The van der Waals surface area contributed by atoms with Crippen LogP contribution in [0.3, 0.4) is 0 Å². The highest BCUT2D eigenvalue weighted by Gasteiger charge is 2.29. The minimum atomic E-state index is 0.528. The van der Waals surface area contributed by atoms with Crippen LogP contribution in [0.1, 0.15) is 45.4 Å². The van der Waals surface area contributed by atoms with Gasteiger partial charge in [0.05, 0.1) is 0 Å². The van der Waals surface area contributed by atoms with Crippen LogP contribution in [0.15, 0.2) is 0 Å². The van der Waals surface area contributed by atoms with Crippen molar-refractivity contribution < 1.29 is 0 Å². The summed E-state index contributed by atoms with van der Waals surface area (Å²) >= 11 is 2.06. The standard InChI is InChI=1S/C11H23NS/c1-2-13-9-8-11(10-12)6-4-3-5-7-11/h2-10,12H2,1H3. The first-order valence-electron chi connectivity index (χ1n) is 5.61. The molecule has 0 unspecified atom stereocenters. The van der Waals surface area contributed by atoms with E-state index in [0.717, 1.165) is 6.54 Å².